The monoisotopic (exact) mass is 287 g/mol. The van der Waals surface area contributed by atoms with E-state index >= 15 is 0 Å². The van der Waals surface area contributed by atoms with Gasteiger partial charge in [0.2, 0.25) is 5.82 Å². The largest absolute Gasteiger partial charge is 0.456 e. The number of carbonyl (C=O) groups is 1. The number of carbonyl (C=O) groups excluding carboxylic acids is 1. The lowest BCUT2D eigenvalue weighted by molar-refractivity contribution is 0.00717. The van der Waals surface area contributed by atoms with E-state index in [2.05, 4.69) is 4.98 Å². The van der Waals surface area contributed by atoms with Crippen molar-refractivity contribution in [2.24, 2.45) is 0 Å². The summed E-state index contributed by atoms with van der Waals surface area (Å²) in [6.45, 7) is 5.61. The zero-order valence-electron chi connectivity index (χ0n) is 13.6. The smallest absolute Gasteiger partial charge is 0.339 e. The standard InChI is InChI=1S/C17H23N2O2/c1-17(2,3)21-16(20)13-11-15(19(4,5)6)18-14-10-8-7-9-12(13)14/h7-11H,1-6H3/q+1. The summed E-state index contributed by atoms with van der Waals surface area (Å²) in [5, 5.41) is 0.823. The molecular weight excluding hydrogens is 264 g/mol. The molecule has 0 unspecified atom stereocenters. The molecule has 0 N–H and O–H groups in total. The van der Waals surface area contributed by atoms with E-state index in [4.69, 9.17) is 4.74 Å². The molecule has 0 aliphatic heterocycles. The van der Waals surface area contributed by atoms with Gasteiger partial charge < -0.3 is 4.74 Å². The summed E-state index contributed by atoms with van der Waals surface area (Å²) in [6, 6.07) is 9.48. The molecule has 1 aromatic heterocycles. The molecule has 0 aliphatic carbocycles. The number of fused-ring (bicyclic) bond motifs is 1. The van der Waals surface area contributed by atoms with Crippen LogP contribution in [0.1, 0.15) is 31.1 Å². The van der Waals surface area contributed by atoms with Crippen molar-refractivity contribution in [1.29, 1.82) is 0 Å². The molecule has 2 aromatic rings. The van der Waals surface area contributed by atoms with E-state index < -0.39 is 5.60 Å². The van der Waals surface area contributed by atoms with Crippen molar-refractivity contribution >= 4 is 22.7 Å². The molecule has 4 nitrogen and oxygen atoms in total. The van der Waals surface area contributed by atoms with Crippen LogP contribution in [0.4, 0.5) is 5.82 Å². The Hall–Kier alpha value is -1.94. The number of hydrogen-bond donors (Lipinski definition) is 0. The van der Waals surface area contributed by atoms with E-state index in [1.165, 1.54) is 0 Å². The van der Waals surface area contributed by atoms with Gasteiger partial charge in [-0.25, -0.2) is 4.79 Å². The van der Waals surface area contributed by atoms with E-state index in [1.54, 1.807) is 0 Å². The number of ether oxygens (including phenoxy) is 1. The summed E-state index contributed by atoms with van der Waals surface area (Å²) in [5.41, 5.74) is 0.862. The average Bonchev–Trinajstić information content (AvgIpc) is 2.34. The maximum Gasteiger partial charge on any atom is 0.339 e. The van der Waals surface area contributed by atoms with Crippen LogP contribution in [-0.2, 0) is 4.74 Å². The number of quaternary nitrogens is 1. The predicted octanol–water partition coefficient (Wildman–Crippen LogP) is 3.39. The first kappa shape index (κ1) is 15.4. The molecule has 1 aromatic carbocycles. The molecular formula is C17H23N2O2+. The number of benzene rings is 1. The van der Waals surface area contributed by atoms with Crippen molar-refractivity contribution in [3.63, 3.8) is 0 Å². The van der Waals surface area contributed by atoms with Crippen LogP contribution in [0, 0.1) is 0 Å². The Kier molecular flexibility index (Phi) is 3.76. The summed E-state index contributed by atoms with van der Waals surface area (Å²) >= 11 is 0. The number of rotatable bonds is 2. The van der Waals surface area contributed by atoms with Crippen LogP contribution in [0.5, 0.6) is 0 Å². The summed E-state index contributed by atoms with van der Waals surface area (Å²) in [4.78, 5) is 17.1. The van der Waals surface area contributed by atoms with Crippen LogP contribution >= 0.6 is 0 Å². The van der Waals surface area contributed by atoms with Gasteiger partial charge in [-0.3, -0.25) is 4.48 Å². The van der Waals surface area contributed by atoms with Crippen molar-refractivity contribution in [1.82, 2.24) is 9.47 Å². The highest BCUT2D eigenvalue weighted by Crippen LogP contribution is 2.26. The lowest BCUT2D eigenvalue weighted by Crippen LogP contribution is -2.36. The van der Waals surface area contributed by atoms with Gasteiger partial charge >= 0.3 is 5.97 Å². The Morgan fingerprint density at radius 2 is 1.76 bits per heavy atom. The Balaban J connectivity index is 2.63. The zero-order chi connectivity index (χ0) is 15.8. The molecule has 0 fully saturated rings. The first-order chi connectivity index (χ1) is 9.58. The number of aromatic nitrogens is 1. The fourth-order valence-corrected chi connectivity index (χ4v) is 2.01. The molecule has 0 aliphatic rings. The molecule has 4 heteroatoms. The van der Waals surface area contributed by atoms with Gasteiger partial charge in [0.15, 0.2) is 0 Å². The summed E-state index contributed by atoms with van der Waals surface area (Å²) in [6.07, 6.45) is 0. The first-order valence-electron chi connectivity index (χ1n) is 7.03. The molecule has 0 saturated carbocycles. The van der Waals surface area contributed by atoms with E-state index in [-0.39, 0.29) is 5.97 Å². The minimum atomic E-state index is -0.516. The highest BCUT2D eigenvalue weighted by atomic mass is 16.6. The SMILES string of the molecule is CC(C)(C)OC(=O)c1cc([N+](C)(C)C)nc2ccccc12. The third-order valence-corrected chi connectivity index (χ3v) is 3.01. The van der Waals surface area contributed by atoms with Crippen LogP contribution < -0.4 is 4.48 Å². The number of esters is 1. The van der Waals surface area contributed by atoms with Crippen LogP contribution in [-0.4, -0.2) is 37.7 Å². The van der Waals surface area contributed by atoms with Crippen molar-refractivity contribution in [3.8, 4) is 0 Å². The molecule has 0 bridgehead atoms. The summed E-state index contributed by atoms with van der Waals surface area (Å²) < 4.78 is 6.07. The highest BCUT2D eigenvalue weighted by Gasteiger charge is 2.24. The average molecular weight is 287 g/mol. The number of hydrogen-bond acceptors (Lipinski definition) is 3. The Labute approximate surface area is 125 Å². The Bertz CT molecular complexity index is 679. The highest BCUT2D eigenvalue weighted by molar-refractivity contribution is 6.04. The molecule has 1 heterocycles. The van der Waals surface area contributed by atoms with Gasteiger partial charge in [0.1, 0.15) is 5.60 Å². The van der Waals surface area contributed by atoms with Crippen molar-refractivity contribution in [2.75, 3.05) is 21.1 Å². The second kappa shape index (κ2) is 5.11. The maximum absolute atomic E-state index is 12.5. The Morgan fingerprint density at radius 3 is 2.33 bits per heavy atom. The normalized spacial score (nSPS) is 12.5. The van der Waals surface area contributed by atoms with Gasteiger partial charge in [-0.1, -0.05) is 18.2 Å². The van der Waals surface area contributed by atoms with Gasteiger partial charge in [-0.2, -0.15) is 4.98 Å². The summed E-state index contributed by atoms with van der Waals surface area (Å²) in [5.74, 6) is 0.519. The molecule has 0 spiro atoms. The minimum absolute atomic E-state index is 0.309. The third-order valence-electron chi connectivity index (χ3n) is 3.01. The first-order valence-corrected chi connectivity index (χ1v) is 7.03. The molecule has 0 atom stereocenters. The fraction of sp³-hybridized carbons (Fsp3) is 0.412. The maximum atomic E-state index is 12.5. The quantitative estimate of drug-likeness (QED) is 0.628. The third kappa shape index (κ3) is 3.58. The fourth-order valence-electron chi connectivity index (χ4n) is 2.01. The van der Waals surface area contributed by atoms with Crippen LogP contribution in [0.25, 0.3) is 10.9 Å². The molecule has 0 amide bonds. The van der Waals surface area contributed by atoms with Crippen molar-refractivity contribution in [2.45, 2.75) is 26.4 Å². The second-order valence-electron chi connectivity index (χ2n) is 7.06. The van der Waals surface area contributed by atoms with Gasteiger partial charge in [0.25, 0.3) is 0 Å². The van der Waals surface area contributed by atoms with Crippen molar-refractivity contribution in [3.05, 3.63) is 35.9 Å². The lowest BCUT2D eigenvalue weighted by Gasteiger charge is -2.24. The van der Waals surface area contributed by atoms with Gasteiger partial charge in [0, 0.05) is 11.5 Å². The number of nitrogens with zero attached hydrogens (tertiary/aromatic N) is 2. The zero-order valence-corrected chi connectivity index (χ0v) is 13.6. The molecule has 21 heavy (non-hydrogen) atoms. The second-order valence-corrected chi connectivity index (χ2v) is 7.06. The predicted molar refractivity (Wildman–Crippen MR) is 86.5 cm³/mol. The minimum Gasteiger partial charge on any atom is -0.456 e. The van der Waals surface area contributed by atoms with Crippen LogP contribution in [0.3, 0.4) is 0 Å². The lowest BCUT2D eigenvalue weighted by atomic mass is 10.1. The number of para-hydroxylation sites is 1. The van der Waals surface area contributed by atoms with Gasteiger partial charge in [-0.15, -0.1) is 0 Å². The van der Waals surface area contributed by atoms with E-state index in [0.717, 1.165) is 16.7 Å². The molecule has 0 saturated heterocycles. The molecule has 2 rings (SSSR count). The molecule has 112 valence electrons. The number of pyridine rings is 1. The van der Waals surface area contributed by atoms with E-state index in [1.807, 2.05) is 72.2 Å². The van der Waals surface area contributed by atoms with Gasteiger partial charge in [-0.05, 0) is 26.8 Å². The van der Waals surface area contributed by atoms with Crippen molar-refractivity contribution < 1.29 is 9.53 Å². The van der Waals surface area contributed by atoms with E-state index in [9.17, 15) is 4.79 Å². The Morgan fingerprint density at radius 1 is 1.14 bits per heavy atom. The van der Waals surface area contributed by atoms with E-state index in [0.29, 0.717) is 10.0 Å². The van der Waals surface area contributed by atoms with Crippen LogP contribution in [0.15, 0.2) is 30.3 Å². The summed E-state index contributed by atoms with van der Waals surface area (Å²) in [7, 11) is 6.07. The van der Waals surface area contributed by atoms with Crippen LogP contribution in [0.2, 0.25) is 0 Å². The van der Waals surface area contributed by atoms with Gasteiger partial charge in [0.05, 0.1) is 32.2 Å². The topological polar surface area (TPSA) is 39.2 Å². The molecule has 0 radical (unpaired) electrons.